The fraction of sp³-hybridized carbons (Fsp3) is 0.667. The maximum Gasteiger partial charge on any atom is 0.226 e. The highest BCUT2D eigenvalue weighted by Gasteiger charge is 2.38. The van der Waals surface area contributed by atoms with Gasteiger partial charge in [0.05, 0.1) is 17.7 Å². The molecule has 1 amide bonds. The fourth-order valence-electron chi connectivity index (χ4n) is 2.94. The van der Waals surface area contributed by atoms with E-state index in [9.17, 15) is 4.79 Å². The molecule has 0 aliphatic carbocycles. The van der Waals surface area contributed by atoms with Crippen LogP contribution in [0.2, 0.25) is 0 Å². The monoisotopic (exact) mass is 276 g/mol. The minimum atomic E-state index is -0.192. The van der Waals surface area contributed by atoms with E-state index in [-0.39, 0.29) is 11.3 Å². The molecular weight excluding hydrogens is 252 g/mol. The molecule has 2 heterocycles. The van der Waals surface area contributed by atoms with Crippen LogP contribution < -0.4 is 10.6 Å². The summed E-state index contributed by atoms with van der Waals surface area (Å²) in [5.74, 6) is 0.916. The van der Waals surface area contributed by atoms with E-state index in [1.54, 1.807) is 6.20 Å². The number of aryl methyl sites for hydroxylation is 1. The lowest BCUT2D eigenvalue weighted by Crippen LogP contribution is -2.47. The number of amides is 1. The van der Waals surface area contributed by atoms with Crippen LogP contribution in [0, 0.1) is 12.3 Å². The normalized spacial score (nSPS) is 17.7. The van der Waals surface area contributed by atoms with Crippen molar-refractivity contribution in [3.63, 3.8) is 0 Å². The van der Waals surface area contributed by atoms with Crippen LogP contribution in [-0.4, -0.2) is 29.0 Å². The lowest BCUT2D eigenvalue weighted by molar-refractivity contribution is -0.133. The third-order valence-corrected chi connectivity index (χ3v) is 4.03. The molecule has 1 saturated heterocycles. The SMILES string of the molecule is CCCC1(C(=O)NCc2ccnc(C)n2)CCNCC1. The molecule has 1 fully saturated rings. The second-order valence-electron chi connectivity index (χ2n) is 5.56. The summed E-state index contributed by atoms with van der Waals surface area (Å²) in [5.41, 5.74) is 0.675. The molecule has 5 heteroatoms. The molecule has 0 unspecified atom stereocenters. The number of piperidine rings is 1. The van der Waals surface area contributed by atoms with E-state index in [4.69, 9.17) is 0 Å². The molecule has 2 rings (SSSR count). The Hall–Kier alpha value is -1.49. The van der Waals surface area contributed by atoms with E-state index < -0.39 is 0 Å². The van der Waals surface area contributed by atoms with Gasteiger partial charge in [-0.3, -0.25) is 4.79 Å². The molecule has 5 nitrogen and oxygen atoms in total. The predicted octanol–water partition coefficient (Wildman–Crippen LogP) is 1.57. The molecule has 0 bridgehead atoms. The lowest BCUT2D eigenvalue weighted by atomic mass is 9.74. The number of rotatable bonds is 5. The summed E-state index contributed by atoms with van der Waals surface area (Å²) in [6.07, 6.45) is 5.59. The molecule has 110 valence electrons. The van der Waals surface area contributed by atoms with Crippen molar-refractivity contribution in [2.75, 3.05) is 13.1 Å². The average Bonchev–Trinajstić information content (AvgIpc) is 2.46. The Labute approximate surface area is 120 Å². The summed E-state index contributed by atoms with van der Waals surface area (Å²) in [6.45, 7) is 6.35. The summed E-state index contributed by atoms with van der Waals surface area (Å²) in [4.78, 5) is 21.0. The van der Waals surface area contributed by atoms with Gasteiger partial charge in [0.2, 0.25) is 5.91 Å². The van der Waals surface area contributed by atoms with Gasteiger partial charge in [0.25, 0.3) is 0 Å². The number of carbonyl (C=O) groups excluding carboxylic acids is 1. The van der Waals surface area contributed by atoms with Gasteiger partial charge >= 0.3 is 0 Å². The highest BCUT2D eigenvalue weighted by molar-refractivity contribution is 5.82. The van der Waals surface area contributed by atoms with Crippen molar-refractivity contribution < 1.29 is 4.79 Å². The number of carbonyl (C=O) groups is 1. The Bertz CT molecular complexity index is 449. The van der Waals surface area contributed by atoms with Gasteiger partial charge in [-0.15, -0.1) is 0 Å². The van der Waals surface area contributed by atoms with Gasteiger partial charge in [-0.1, -0.05) is 13.3 Å². The number of hydrogen-bond donors (Lipinski definition) is 2. The van der Waals surface area contributed by atoms with E-state index in [1.807, 2.05) is 13.0 Å². The van der Waals surface area contributed by atoms with Crippen LogP contribution in [0.5, 0.6) is 0 Å². The van der Waals surface area contributed by atoms with E-state index in [2.05, 4.69) is 27.5 Å². The molecule has 20 heavy (non-hydrogen) atoms. The van der Waals surface area contributed by atoms with Crippen molar-refractivity contribution in [3.8, 4) is 0 Å². The molecule has 0 saturated carbocycles. The molecule has 1 aliphatic heterocycles. The van der Waals surface area contributed by atoms with Gasteiger partial charge in [-0.05, 0) is 45.3 Å². The molecule has 0 atom stereocenters. The van der Waals surface area contributed by atoms with Gasteiger partial charge in [-0.25, -0.2) is 9.97 Å². The standard InChI is InChI=1S/C15H24N4O/c1-3-5-15(6-9-16-10-7-15)14(20)18-11-13-4-8-17-12(2)19-13/h4,8,16H,3,5-7,9-11H2,1-2H3,(H,18,20). The van der Waals surface area contributed by atoms with E-state index in [0.717, 1.165) is 50.3 Å². The molecule has 1 aliphatic rings. The molecular formula is C15H24N4O. The van der Waals surface area contributed by atoms with Crippen LogP contribution in [0.1, 0.15) is 44.1 Å². The van der Waals surface area contributed by atoms with Crippen LogP contribution in [-0.2, 0) is 11.3 Å². The molecule has 2 N–H and O–H groups in total. The first kappa shape index (κ1) is 14.9. The zero-order valence-corrected chi connectivity index (χ0v) is 12.4. The first-order chi connectivity index (χ1) is 9.66. The topological polar surface area (TPSA) is 66.9 Å². The van der Waals surface area contributed by atoms with Gasteiger partial charge in [0, 0.05) is 6.20 Å². The molecule has 1 aromatic rings. The Balaban J connectivity index is 1.98. The molecule has 0 radical (unpaired) electrons. The third kappa shape index (κ3) is 3.54. The minimum Gasteiger partial charge on any atom is -0.350 e. The number of nitrogens with zero attached hydrogens (tertiary/aromatic N) is 2. The average molecular weight is 276 g/mol. The van der Waals surface area contributed by atoms with E-state index >= 15 is 0 Å². The van der Waals surface area contributed by atoms with Crippen molar-refractivity contribution in [3.05, 3.63) is 23.8 Å². The summed E-state index contributed by atoms with van der Waals surface area (Å²) < 4.78 is 0. The van der Waals surface area contributed by atoms with E-state index in [0.29, 0.717) is 6.54 Å². The van der Waals surface area contributed by atoms with Gasteiger partial charge in [0.1, 0.15) is 5.82 Å². The van der Waals surface area contributed by atoms with Crippen molar-refractivity contribution in [1.29, 1.82) is 0 Å². The third-order valence-electron chi connectivity index (χ3n) is 4.03. The van der Waals surface area contributed by atoms with Crippen LogP contribution in [0.4, 0.5) is 0 Å². The summed E-state index contributed by atoms with van der Waals surface area (Å²) in [5, 5.41) is 6.40. The van der Waals surface area contributed by atoms with Crippen LogP contribution in [0.15, 0.2) is 12.3 Å². The van der Waals surface area contributed by atoms with Crippen molar-refractivity contribution in [2.45, 2.75) is 46.1 Å². The van der Waals surface area contributed by atoms with Gasteiger partial charge < -0.3 is 10.6 Å². The minimum absolute atomic E-state index is 0.178. The Morgan fingerprint density at radius 1 is 1.45 bits per heavy atom. The maximum absolute atomic E-state index is 12.6. The highest BCUT2D eigenvalue weighted by atomic mass is 16.2. The number of hydrogen-bond acceptors (Lipinski definition) is 4. The summed E-state index contributed by atoms with van der Waals surface area (Å²) >= 11 is 0. The van der Waals surface area contributed by atoms with Crippen LogP contribution in [0.25, 0.3) is 0 Å². The Kier molecular flexibility index (Phi) is 5.06. The maximum atomic E-state index is 12.6. The van der Waals surface area contributed by atoms with Crippen molar-refractivity contribution >= 4 is 5.91 Å². The smallest absolute Gasteiger partial charge is 0.226 e. The number of aromatic nitrogens is 2. The van der Waals surface area contributed by atoms with E-state index in [1.165, 1.54) is 0 Å². The first-order valence-corrected chi connectivity index (χ1v) is 7.44. The largest absolute Gasteiger partial charge is 0.350 e. The highest BCUT2D eigenvalue weighted by Crippen LogP contribution is 2.34. The van der Waals surface area contributed by atoms with Crippen molar-refractivity contribution in [2.24, 2.45) is 5.41 Å². The first-order valence-electron chi connectivity index (χ1n) is 7.44. The van der Waals surface area contributed by atoms with Crippen LogP contribution in [0.3, 0.4) is 0 Å². The van der Waals surface area contributed by atoms with Crippen molar-refractivity contribution in [1.82, 2.24) is 20.6 Å². The lowest BCUT2D eigenvalue weighted by Gasteiger charge is -2.36. The molecule has 0 aromatic carbocycles. The zero-order chi connectivity index (χ0) is 14.4. The van der Waals surface area contributed by atoms with Gasteiger partial charge in [-0.2, -0.15) is 0 Å². The second-order valence-corrected chi connectivity index (χ2v) is 5.56. The fourth-order valence-corrected chi connectivity index (χ4v) is 2.94. The molecule has 1 aromatic heterocycles. The quantitative estimate of drug-likeness (QED) is 0.856. The molecule has 0 spiro atoms. The van der Waals surface area contributed by atoms with Crippen LogP contribution >= 0.6 is 0 Å². The second kappa shape index (κ2) is 6.79. The predicted molar refractivity (Wildman–Crippen MR) is 78.1 cm³/mol. The number of nitrogens with one attached hydrogen (secondary N) is 2. The van der Waals surface area contributed by atoms with Gasteiger partial charge in [0.15, 0.2) is 0 Å². The Morgan fingerprint density at radius 2 is 2.20 bits per heavy atom. The Morgan fingerprint density at radius 3 is 2.85 bits per heavy atom. The summed E-state index contributed by atoms with van der Waals surface area (Å²) in [7, 11) is 0. The zero-order valence-electron chi connectivity index (χ0n) is 12.4. The summed E-state index contributed by atoms with van der Waals surface area (Å²) in [6, 6.07) is 1.85.